The molecule has 2 amide bonds. The van der Waals surface area contributed by atoms with E-state index < -0.39 is 9.84 Å². The van der Waals surface area contributed by atoms with E-state index in [1.54, 1.807) is 17.0 Å². The van der Waals surface area contributed by atoms with Crippen molar-refractivity contribution in [2.45, 2.75) is 33.2 Å². The van der Waals surface area contributed by atoms with Crippen LogP contribution in [0.25, 0.3) is 0 Å². The Balaban J connectivity index is 2.25. The van der Waals surface area contributed by atoms with Crippen molar-refractivity contribution in [3.63, 3.8) is 0 Å². The van der Waals surface area contributed by atoms with E-state index in [2.05, 4.69) is 0 Å². The highest BCUT2D eigenvalue weighted by atomic mass is 32.2. The lowest BCUT2D eigenvalue weighted by atomic mass is 10.1. The maximum Gasteiger partial charge on any atom is 0.242 e. The number of amides is 2. The lowest BCUT2D eigenvalue weighted by molar-refractivity contribution is -0.132. The number of likely N-dealkylation sites (N-methyl/N-ethyl adjacent to an activating group) is 1. The van der Waals surface area contributed by atoms with Gasteiger partial charge in [-0.3, -0.25) is 14.5 Å². The molecule has 0 N–H and O–H groups in total. The molecule has 1 heterocycles. The maximum atomic E-state index is 12.8. The number of nitrogens with zero attached hydrogens (tertiary/aromatic N) is 2. The Morgan fingerprint density at radius 1 is 1.31 bits per heavy atom. The van der Waals surface area contributed by atoms with E-state index in [0.29, 0.717) is 24.4 Å². The standard InChI is InChI=1S/C18H26N2O5S/c1-5-19(15-8-9-26(23,24)12-15)18(22)11-20(14(3)21)16-10-13(2)6-7-17(16)25-4/h6-7,10,15H,5,8-9,11-12H2,1-4H3. The molecule has 2 rings (SSSR count). The van der Waals surface area contributed by atoms with Crippen LogP contribution in [0.5, 0.6) is 5.75 Å². The molecule has 144 valence electrons. The third-order valence-corrected chi connectivity index (χ3v) is 6.36. The molecule has 8 heteroatoms. The highest BCUT2D eigenvalue weighted by Gasteiger charge is 2.34. The molecule has 7 nitrogen and oxygen atoms in total. The minimum absolute atomic E-state index is 0.0135. The fourth-order valence-corrected chi connectivity index (χ4v) is 4.99. The van der Waals surface area contributed by atoms with Gasteiger partial charge in [-0.25, -0.2) is 8.42 Å². The number of sulfone groups is 1. The van der Waals surface area contributed by atoms with Crippen LogP contribution in [0, 0.1) is 6.92 Å². The maximum absolute atomic E-state index is 12.8. The third-order valence-electron chi connectivity index (χ3n) is 4.61. The molecular formula is C18H26N2O5S. The lowest BCUT2D eigenvalue weighted by Gasteiger charge is -2.30. The van der Waals surface area contributed by atoms with Crippen molar-refractivity contribution in [1.82, 2.24) is 4.90 Å². The second-order valence-corrected chi connectivity index (χ2v) is 8.75. The van der Waals surface area contributed by atoms with Gasteiger partial charge in [0, 0.05) is 19.5 Å². The number of methoxy groups -OCH3 is 1. The Morgan fingerprint density at radius 2 is 2.00 bits per heavy atom. The van der Waals surface area contributed by atoms with Gasteiger partial charge in [0.25, 0.3) is 0 Å². The van der Waals surface area contributed by atoms with Gasteiger partial charge in [0.15, 0.2) is 9.84 Å². The van der Waals surface area contributed by atoms with Crippen LogP contribution in [0.1, 0.15) is 25.8 Å². The molecule has 1 aliphatic heterocycles. The van der Waals surface area contributed by atoms with E-state index >= 15 is 0 Å². The van der Waals surface area contributed by atoms with Crippen LogP contribution in [-0.2, 0) is 19.4 Å². The van der Waals surface area contributed by atoms with E-state index in [0.717, 1.165) is 5.56 Å². The molecule has 0 spiro atoms. The molecule has 0 bridgehead atoms. The molecule has 1 atom stereocenters. The minimum Gasteiger partial charge on any atom is -0.495 e. The van der Waals surface area contributed by atoms with Gasteiger partial charge in [0.05, 0.1) is 24.3 Å². The van der Waals surface area contributed by atoms with Crippen LogP contribution in [-0.4, -0.2) is 62.9 Å². The number of benzene rings is 1. The van der Waals surface area contributed by atoms with E-state index in [1.165, 1.54) is 18.9 Å². The SMILES string of the molecule is CCN(C(=O)CN(C(C)=O)c1cc(C)ccc1OC)C1CCS(=O)(=O)C1. The molecule has 0 saturated carbocycles. The molecule has 0 radical (unpaired) electrons. The van der Waals surface area contributed by atoms with Crippen molar-refractivity contribution in [3.8, 4) is 5.75 Å². The Labute approximate surface area is 154 Å². The van der Waals surface area contributed by atoms with Crippen molar-refractivity contribution >= 4 is 27.3 Å². The summed E-state index contributed by atoms with van der Waals surface area (Å²) in [5, 5.41) is 0. The predicted octanol–water partition coefficient (Wildman–Crippen LogP) is 1.39. The van der Waals surface area contributed by atoms with Crippen molar-refractivity contribution in [1.29, 1.82) is 0 Å². The van der Waals surface area contributed by atoms with E-state index in [4.69, 9.17) is 4.74 Å². The van der Waals surface area contributed by atoms with Crippen LogP contribution in [0.4, 0.5) is 5.69 Å². The van der Waals surface area contributed by atoms with E-state index in [1.807, 2.05) is 19.9 Å². The number of ether oxygens (including phenoxy) is 1. The zero-order valence-electron chi connectivity index (χ0n) is 15.7. The zero-order valence-corrected chi connectivity index (χ0v) is 16.5. The molecule has 26 heavy (non-hydrogen) atoms. The van der Waals surface area contributed by atoms with Crippen molar-refractivity contribution in [2.75, 3.05) is 36.6 Å². The second kappa shape index (κ2) is 8.07. The smallest absolute Gasteiger partial charge is 0.242 e. The van der Waals surface area contributed by atoms with E-state index in [9.17, 15) is 18.0 Å². The van der Waals surface area contributed by atoms with Crippen LogP contribution >= 0.6 is 0 Å². The zero-order chi connectivity index (χ0) is 19.5. The monoisotopic (exact) mass is 382 g/mol. The fraction of sp³-hybridized carbons (Fsp3) is 0.556. The van der Waals surface area contributed by atoms with Crippen LogP contribution in [0.3, 0.4) is 0 Å². The first-order valence-electron chi connectivity index (χ1n) is 8.61. The Kier molecular flexibility index (Phi) is 6.28. The Hall–Kier alpha value is -2.09. The van der Waals surface area contributed by atoms with Crippen LogP contribution in [0.15, 0.2) is 18.2 Å². The first-order valence-corrected chi connectivity index (χ1v) is 10.4. The summed E-state index contributed by atoms with van der Waals surface area (Å²) in [4.78, 5) is 28.0. The number of aryl methyl sites for hydroxylation is 1. The summed E-state index contributed by atoms with van der Waals surface area (Å²) in [5.74, 6) is 0.0417. The van der Waals surface area contributed by atoms with Gasteiger partial charge in [-0.15, -0.1) is 0 Å². The largest absolute Gasteiger partial charge is 0.495 e. The quantitative estimate of drug-likeness (QED) is 0.742. The number of carbonyl (C=O) groups excluding carboxylic acids is 2. The Morgan fingerprint density at radius 3 is 2.50 bits per heavy atom. The van der Waals surface area contributed by atoms with Crippen molar-refractivity contribution in [3.05, 3.63) is 23.8 Å². The predicted molar refractivity (Wildman–Crippen MR) is 100 cm³/mol. The molecule has 1 aromatic carbocycles. The van der Waals surface area contributed by atoms with E-state index in [-0.39, 0.29) is 35.9 Å². The highest BCUT2D eigenvalue weighted by molar-refractivity contribution is 7.91. The molecule has 1 fully saturated rings. The molecule has 1 unspecified atom stereocenters. The summed E-state index contributed by atoms with van der Waals surface area (Å²) in [5.41, 5.74) is 1.47. The van der Waals surface area contributed by atoms with Gasteiger partial charge in [0.1, 0.15) is 12.3 Å². The molecule has 0 aliphatic carbocycles. The average Bonchev–Trinajstić information content (AvgIpc) is 2.92. The van der Waals surface area contributed by atoms with Gasteiger partial charge in [-0.2, -0.15) is 0 Å². The Bertz CT molecular complexity index is 791. The summed E-state index contributed by atoms with van der Waals surface area (Å²) < 4.78 is 28.8. The number of anilines is 1. The normalized spacial score (nSPS) is 18.4. The number of hydrogen-bond acceptors (Lipinski definition) is 5. The third kappa shape index (κ3) is 4.55. The second-order valence-electron chi connectivity index (χ2n) is 6.52. The van der Waals surface area contributed by atoms with Crippen LogP contribution < -0.4 is 9.64 Å². The number of hydrogen-bond donors (Lipinski definition) is 0. The van der Waals surface area contributed by atoms with Crippen molar-refractivity contribution < 1.29 is 22.7 Å². The van der Waals surface area contributed by atoms with Crippen molar-refractivity contribution in [2.24, 2.45) is 0 Å². The molecule has 0 aromatic heterocycles. The summed E-state index contributed by atoms with van der Waals surface area (Å²) in [7, 11) is -1.58. The summed E-state index contributed by atoms with van der Waals surface area (Å²) in [6.45, 7) is 5.35. The number of carbonyl (C=O) groups is 2. The van der Waals surface area contributed by atoms with Gasteiger partial charge >= 0.3 is 0 Å². The summed E-state index contributed by atoms with van der Waals surface area (Å²) >= 11 is 0. The van der Waals surface area contributed by atoms with Gasteiger partial charge < -0.3 is 9.64 Å². The summed E-state index contributed by atoms with van der Waals surface area (Å²) in [6, 6.07) is 5.09. The average molecular weight is 382 g/mol. The molecule has 1 aliphatic rings. The topological polar surface area (TPSA) is 84.0 Å². The molecule has 1 saturated heterocycles. The molecule has 1 aromatic rings. The van der Waals surface area contributed by atoms with Gasteiger partial charge in [-0.1, -0.05) is 6.07 Å². The fourth-order valence-electron chi connectivity index (χ4n) is 3.26. The highest BCUT2D eigenvalue weighted by Crippen LogP contribution is 2.30. The first kappa shape index (κ1) is 20.2. The van der Waals surface area contributed by atoms with Gasteiger partial charge in [-0.05, 0) is 38.0 Å². The first-order chi connectivity index (χ1) is 12.2. The van der Waals surface area contributed by atoms with Gasteiger partial charge in [0.2, 0.25) is 11.8 Å². The lowest BCUT2D eigenvalue weighted by Crippen LogP contribution is -2.47. The summed E-state index contributed by atoms with van der Waals surface area (Å²) in [6.07, 6.45) is 0.440. The minimum atomic E-state index is -3.09. The molecular weight excluding hydrogens is 356 g/mol. The van der Waals surface area contributed by atoms with Crippen LogP contribution in [0.2, 0.25) is 0 Å². The number of rotatable bonds is 6.